The fraction of sp³-hybridized carbons (Fsp3) is 0.150. The van der Waals surface area contributed by atoms with Crippen LogP contribution >= 0.6 is 15.9 Å². The monoisotopic (exact) mass is 490 g/mol. The van der Waals surface area contributed by atoms with Gasteiger partial charge in [0.15, 0.2) is 0 Å². The maximum atomic E-state index is 12.1. The highest BCUT2D eigenvalue weighted by Crippen LogP contribution is 2.23. The Kier molecular flexibility index (Phi) is 5.44. The van der Waals surface area contributed by atoms with Gasteiger partial charge in [-0.3, -0.25) is 14.5 Å². The van der Waals surface area contributed by atoms with Crippen molar-refractivity contribution in [3.8, 4) is 0 Å². The van der Waals surface area contributed by atoms with Crippen LogP contribution in [0.3, 0.4) is 0 Å². The summed E-state index contributed by atoms with van der Waals surface area (Å²) in [7, 11) is -3.62. The van der Waals surface area contributed by atoms with E-state index in [4.69, 9.17) is 9.15 Å². The maximum Gasteiger partial charge on any atom is 0.336 e. The number of aliphatic imine (C=N–C) groups is 1. The average Bonchev–Trinajstić information content (AvgIpc) is 2.96. The highest BCUT2D eigenvalue weighted by atomic mass is 79.9. The van der Waals surface area contributed by atoms with Crippen LogP contribution in [0.15, 0.2) is 72.1 Å². The summed E-state index contributed by atoms with van der Waals surface area (Å²) in [6, 6.07) is 13.0. The molecule has 30 heavy (non-hydrogen) atoms. The third-order valence-electron chi connectivity index (χ3n) is 4.43. The van der Waals surface area contributed by atoms with Crippen LogP contribution in [0.4, 0.5) is 0 Å². The molecule has 1 N–H and O–H groups in total. The minimum Gasteiger partial charge on any atom is -0.461 e. The first-order valence-electron chi connectivity index (χ1n) is 8.88. The summed E-state index contributed by atoms with van der Waals surface area (Å²) in [6.07, 6.45) is -0.0433. The number of amidine groups is 1. The SMILES string of the molecule is O=C(CCN=C1NS(=O)(=O)c2ccccc21)OCc1cc(=O)oc2cc(Br)ccc12. The standard InChI is InChI=1S/C20H15BrN2O6S/c21-13-5-6-14-12(9-19(25)29-16(14)10-13)11-28-18(24)7-8-22-20-15-3-1-2-4-17(15)30(26,27)23-20/h1-6,9-10H,7-8,11H2,(H,22,23). The van der Waals surface area contributed by atoms with Crippen LogP contribution in [0.2, 0.25) is 0 Å². The molecule has 2 aromatic carbocycles. The zero-order valence-corrected chi connectivity index (χ0v) is 17.8. The number of benzene rings is 2. The number of ether oxygens (including phenoxy) is 1. The lowest BCUT2D eigenvalue weighted by Gasteiger charge is -2.07. The second-order valence-corrected chi connectivity index (χ2v) is 9.04. The lowest BCUT2D eigenvalue weighted by Crippen LogP contribution is -2.22. The van der Waals surface area contributed by atoms with Crippen molar-refractivity contribution in [2.75, 3.05) is 6.54 Å². The lowest BCUT2D eigenvalue weighted by molar-refractivity contribution is -0.144. The molecule has 2 heterocycles. The first-order chi connectivity index (χ1) is 14.3. The summed E-state index contributed by atoms with van der Waals surface area (Å²) in [4.78, 5) is 28.2. The number of carbonyl (C=O) groups is 1. The number of hydrogen-bond acceptors (Lipinski definition) is 7. The zero-order chi connectivity index (χ0) is 21.3. The highest BCUT2D eigenvalue weighted by Gasteiger charge is 2.29. The first-order valence-corrected chi connectivity index (χ1v) is 11.2. The average molecular weight is 491 g/mol. The van der Waals surface area contributed by atoms with Gasteiger partial charge >= 0.3 is 11.6 Å². The van der Waals surface area contributed by atoms with Crippen molar-refractivity contribution in [1.29, 1.82) is 0 Å². The van der Waals surface area contributed by atoms with Crippen LogP contribution < -0.4 is 10.3 Å². The Balaban J connectivity index is 1.41. The number of fused-ring (bicyclic) bond motifs is 2. The molecule has 8 nitrogen and oxygen atoms in total. The molecule has 0 saturated carbocycles. The molecule has 0 spiro atoms. The Hall–Kier alpha value is -2.98. The molecule has 0 bridgehead atoms. The molecule has 1 aliphatic rings. The smallest absolute Gasteiger partial charge is 0.336 e. The zero-order valence-electron chi connectivity index (χ0n) is 15.4. The molecule has 0 radical (unpaired) electrons. The van der Waals surface area contributed by atoms with Crippen LogP contribution in [0, 0.1) is 0 Å². The number of rotatable bonds is 5. The highest BCUT2D eigenvalue weighted by molar-refractivity contribution is 9.10. The number of nitrogens with one attached hydrogen (secondary N) is 1. The van der Waals surface area contributed by atoms with E-state index in [1.165, 1.54) is 12.1 Å². The first kappa shape index (κ1) is 20.3. The summed E-state index contributed by atoms with van der Waals surface area (Å²) >= 11 is 3.31. The van der Waals surface area contributed by atoms with E-state index in [1.54, 1.807) is 36.4 Å². The van der Waals surface area contributed by atoms with Gasteiger partial charge in [0.05, 0.1) is 17.9 Å². The van der Waals surface area contributed by atoms with Gasteiger partial charge in [-0.2, -0.15) is 0 Å². The summed E-state index contributed by atoms with van der Waals surface area (Å²) < 4.78 is 37.7. The molecule has 0 saturated heterocycles. The van der Waals surface area contributed by atoms with Gasteiger partial charge in [0, 0.05) is 27.1 Å². The van der Waals surface area contributed by atoms with E-state index in [-0.39, 0.29) is 30.3 Å². The van der Waals surface area contributed by atoms with Crippen LogP contribution in [0.25, 0.3) is 11.0 Å². The van der Waals surface area contributed by atoms with Gasteiger partial charge in [-0.15, -0.1) is 0 Å². The Morgan fingerprint density at radius 2 is 1.97 bits per heavy atom. The molecule has 3 aromatic rings. The van der Waals surface area contributed by atoms with Gasteiger partial charge in [0.1, 0.15) is 18.0 Å². The van der Waals surface area contributed by atoms with Crippen molar-refractivity contribution in [1.82, 2.24) is 4.72 Å². The molecule has 0 unspecified atom stereocenters. The summed E-state index contributed by atoms with van der Waals surface area (Å²) in [5, 5.41) is 0.669. The fourth-order valence-electron chi connectivity index (χ4n) is 3.06. The quantitative estimate of drug-likeness (QED) is 0.434. The minimum atomic E-state index is -3.62. The number of nitrogens with zero attached hydrogens (tertiary/aromatic N) is 1. The number of sulfonamides is 1. The molecule has 0 atom stereocenters. The minimum absolute atomic E-state index is 0.0433. The van der Waals surface area contributed by atoms with Gasteiger partial charge < -0.3 is 9.15 Å². The van der Waals surface area contributed by atoms with E-state index in [1.807, 2.05) is 0 Å². The van der Waals surface area contributed by atoms with Crippen LogP contribution in [-0.4, -0.2) is 26.8 Å². The molecule has 154 valence electrons. The Bertz CT molecular complexity index is 1350. The van der Waals surface area contributed by atoms with E-state index < -0.39 is 21.6 Å². The molecule has 1 aromatic heterocycles. The second kappa shape index (κ2) is 8.04. The summed E-state index contributed by atoms with van der Waals surface area (Å²) in [5.41, 5.74) is 0.858. The maximum absolute atomic E-state index is 12.1. The molecular formula is C20H15BrN2O6S. The fourth-order valence-corrected chi connectivity index (χ4v) is 4.65. The third kappa shape index (κ3) is 4.14. The number of carbonyl (C=O) groups excluding carboxylic acids is 1. The predicted molar refractivity (Wildman–Crippen MR) is 113 cm³/mol. The van der Waals surface area contributed by atoms with Gasteiger partial charge in [-0.25, -0.2) is 13.2 Å². The summed E-state index contributed by atoms with van der Waals surface area (Å²) in [6.45, 7) is -0.0375. The lowest BCUT2D eigenvalue weighted by atomic mass is 10.1. The number of hydrogen-bond donors (Lipinski definition) is 1. The topological polar surface area (TPSA) is 115 Å². The largest absolute Gasteiger partial charge is 0.461 e. The van der Waals surface area contributed by atoms with E-state index in [2.05, 4.69) is 25.6 Å². The van der Waals surface area contributed by atoms with Gasteiger partial charge in [0.25, 0.3) is 10.0 Å². The van der Waals surface area contributed by atoms with Crippen molar-refractivity contribution in [3.63, 3.8) is 0 Å². The van der Waals surface area contributed by atoms with Gasteiger partial charge in [-0.1, -0.05) is 28.1 Å². The van der Waals surface area contributed by atoms with Gasteiger partial charge in [-0.05, 0) is 30.3 Å². The van der Waals surface area contributed by atoms with Crippen LogP contribution in [0.5, 0.6) is 0 Å². The van der Waals surface area contributed by atoms with Crippen molar-refractivity contribution in [3.05, 3.63) is 74.6 Å². The van der Waals surface area contributed by atoms with E-state index in [9.17, 15) is 18.0 Å². The summed E-state index contributed by atoms with van der Waals surface area (Å²) in [5.74, 6) is -0.317. The van der Waals surface area contributed by atoms with Crippen molar-refractivity contribution in [2.24, 2.45) is 4.99 Å². The van der Waals surface area contributed by atoms with Crippen molar-refractivity contribution < 1.29 is 22.4 Å². The molecule has 10 heteroatoms. The van der Waals surface area contributed by atoms with E-state index in [0.717, 1.165) is 4.47 Å². The Morgan fingerprint density at radius 1 is 1.17 bits per heavy atom. The number of esters is 1. The molecule has 0 aliphatic carbocycles. The number of halogens is 1. The Labute approximate surface area is 179 Å². The Morgan fingerprint density at radius 3 is 2.80 bits per heavy atom. The van der Waals surface area contributed by atoms with Crippen molar-refractivity contribution in [2.45, 2.75) is 17.9 Å². The van der Waals surface area contributed by atoms with E-state index >= 15 is 0 Å². The van der Waals surface area contributed by atoms with Gasteiger partial charge in [0.2, 0.25) is 0 Å². The normalized spacial score (nSPS) is 15.7. The third-order valence-corrected chi connectivity index (χ3v) is 6.32. The molecular weight excluding hydrogens is 476 g/mol. The molecule has 0 amide bonds. The predicted octanol–water partition coefficient (Wildman–Crippen LogP) is 2.73. The molecule has 0 fully saturated rings. The van der Waals surface area contributed by atoms with Crippen LogP contribution in [-0.2, 0) is 26.2 Å². The molecule has 4 rings (SSSR count). The second-order valence-electron chi connectivity index (χ2n) is 6.47. The van der Waals surface area contributed by atoms with E-state index in [0.29, 0.717) is 22.1 Å². The van der Waals surface area contributed by atoms with Crippen molar-refractivity contribution >= 4 is 48.7 Å². The van der Waals surface area contributed by atoms with Crippen LogP contribution in [0.1, 0.15) is 17.5 Å². The molecule has 1 aliphatic heterocycles.